The minimum absolute atomic E-state index is 0.0368. The number of quaternary nitrogens is 1. The Labute approximate surface area is 489 Å². The quantitative estimate of drug-likeness (QED) is 0.0205. The second-order valence-electron chi connectivity index (χ2n) is 23.6. The summed E-state index contributed by atoms with van der Waals surface area (Å²) < 4.78 is 30.7. The number of nitrogens with zero attached hydrogens (tertiary/aromatic N) is 1. The maximum absolute atomic E-state index is 13.6. The van der Waals surface area contributed by atoms with Crippen LogP contribution in [0.5, 0.6) is 0 Å². The van der Waals surface area contributed by atoms with Gasteiger partial charge in [0.1, 0.15) is 19.3 Å². The van der Waals surface area contributed by atoms with E-state index in [0.29, 0.717) is 17.4 Å². The van der Waals surface area contributed by atoms with Crippen LogP contribution >= 0.6 is 7.82 Å². The lowest BCUT2D eigenvalue weighted by Crippen LogP contribution is -2.47. The van der Waals surface area contributed by atoms with Gasteiger partial charge in [-0.1, -0.05) is 261 Å². The smallest absolute Gasteiger partial charge is 0.456 e. The first-order valence-corrected chi connectivity index (χ1v) is 34.8. The van der Waals surface area contributed by atoms with Crippen molar-refractivity contribution in [2.24, 2.45) is 0 Å². The molecule has 3 unspecified atom stereocenters. The molecule has 0 rings (SSSR count). The molecule has 460 valence electrons. The molecule has 0 bridgehead atoms. The van der Waals surface area contributed by atoms with Crippen LogP contribution in [0.3, 0.4) is 0 Å². The van der Waals surface area contributed by atoms with Crippen LogP contribution in [0.15, 0.2) is 72.9 Å². The van der Waals surface area contributed by atoms with E-state index in [1.165, 1.54) is 180 Å². The van der Waals surface area contributed by atoms with E-state index in [4.69, 9.17) is 13.8 Å². The van der Waals surface area contributed by atoms with Crippen LogP contribution in [-0.4, -0.2) is 74.3 Å². The Morgan fingerprint density at radius 1 is 0.443 bits per heavy atom. The van der Waals surface area contributed by atoms with Gasteiger partial charge in [-0.15, -0.1) is 0 Å². The molecule has 0 saturated heterocycles. The molecule has 0 aromatic carbocycles. The maximum Gasteiger partial charge on any atom is 0.472 e. The van der Waals surface area contributed by atoms with Gasteiger partial charge in [0, 0.05) is 12.8 Å². The third-order valence-corrected chi connectivity index (χ3v) is 15.6. The van der Waals surface area contributed by atoms with Gasteiger partial charge in [0.25, 0.3) is 0 Å². The fourth-order valence-electron chi connectivity index (χ4n) is 9.45. The fourth-order valence-corrected chi connectivity index (χ4v) is 10.2. The van der Waals surface area contributed by atoms with Crippen molar-refractivity contribution in [1.82, 2.24) is 5.32 Å². The number of esters is 1. The molecule has 0 radical (unpaired) electrons. The van der Waals surface area contributed by atoms with Crippen LogP contribution in [0, 0.1) is 0 Å². The van der Waals surface area contributed by atoms with E-state index in [1.807, 2.05) is 33.3 Å². The molecule has 0 aromatic rings. The molecule has 0 aliphatic heterocycles. The normalized spacial score (nSPS) is 14.1. The lowest BCUT2D eigenvalue weighted by atomic mass is 10.0. The highest BCUT2D eigenvalue weighted by Crippen LogP contribution is 2.43. The molecule has 3 atom stereocenters. The Morgan fingerprint density at radius 3 is 1.18 bits per heavy atom. The van der Waals surface area contributed by atoms with Crippen LogP contribution in [-0.2, 0) is 27.9 Å². The number of allylic oxidation sites excluding steroid dienone is 11. The molecule has 9 nitrogen and oxygen atoms in total. The van der Waals surface area contributed by atoms with E-state index >= 15 is 0 Å². The zero-order valence-corrected chi connectivity index (χ0v) is 53.5. The number of ether oxygens (including phenoxy) is 1. The van der Waals surface area contributed by atoms with Gasteiger partial charge in [0.15, 0.2) is 0 Å². The predicted octanol–water partition coefficient (Wildman–Crippen LogP) is 20.8. The third-order valence-electron chi connectivity index (χ3n) is 14.6. The zero-order valence-electron chi connectivity index (χ0n) is 52.6. The Balaban J connectivity index is 5.14. The van der Waals surface area contributed by atoms with E-state index in [9.17, 15) is 19.0 Å². The molecule has 0 spiro atoms. The molecule has 0 fully saturated rings. The number of likely N-dealkylation sites (N-methyl/N-ethyl adjacent to an activating group) is 1. The monoisotopic (exact) mass is 1130 g/mol. The first-order valence-electron chi connectivity index (χ1n) is 33.3. The number of nitrogens with one attached hydrogen (secondary N) is 1. The lowest BCUT2D eigenvalue weighted by molar-refractivity contribution is -0.870. The summed E-state index contributed by atoms with van der Waals surface area (Å²) in [6.45, 7) is 6.97. The van der Waals surface area contributed by atoms with Gasteiger partial charge in [-0.25, -0.2) is 4.57 Å². The molecule has 1 amide bonds. The summed E-state index contributed by atoms with van der Waals surface area (Å²) in [4.78, 5) is 37.8. The average Bonchev–Trinajstić information content (AvgIpc) is 3.41. The highest BCUT2D eigenvalue weighted by atomic mass is 31.2. The molecule has 0 aliphatic rings. The molecule has 0 saturated carbocycles. The largest absolute Gasteiger partial charge is 0.472 e. The van der Waals surface area contributed by atoms with E-state index < -0.39 is 20.0 Å². The summed E-state index contributed by atoms with van der Waals surface area (Å²) in [6, 6.07) is -0.855. The van der Waals surface area contributed by atoms with Crippen molar-refractivity contribution in [2.75, 3.05) is 40.9 Å². The molecule has 2 N–H and O–H groups in total. The van der Waals surface area contributed by atoms with Gasteiger partial charge in [0.2, 0.25) is 5.91 Å². The van der Waals surface area contributed by atoms with Crippen molar-refractivity contribution in [3.05, 3.63) is 72.9 Å². The van der Waals surface area contributed by atoms with Crippen LogP contribution < -0.4 is 5.32 Å². The van der Waals surface area contributed by atoms with Crippen molar-refractivity contribution in [1.29, 1.82) is 0 Å². The Bertz CT molecular complexity index is 1580. The highest BCUT2D eigenvalue weighted by Gasteiger charge is 2.30. The summed E-state index contributed by atoms with van der Waals surface area (Å²) >= 11 is 0. The summed E-state index contributed by atoms with van der Waals surface area (Å²) in [5, 5.41) is 3.06. The Kier molecular flexibility index (Phi) is 56.7. The summed E-state index contributed by atoms with van der Waals surface area (Å²) in [5.74, 6) is -0.511. The second kappa shape index (κ2) is 58.6. The van der Waals surface area contributed by atoms with Gasteiger partial charge in [0.05, 0.1) is 33.8 Å². The predicted molar refractivity (Wildman–Crippen MR) is 341 cm³/mol. The van der Waals surface area contributed by atoms with E-state index in [1.54, 1.807) is 0 Å². The molecular weight excluding hydrogens is 1000 g/mol. The number of carbonyl (C=O) groups excluding carboxylic acids is 2. The third kappa shape index (κ3) is 59.9. The van der Waals surface area contributed by atoms with Crippen molar-refractivity contribution in [3.63, 3.8) is 0 Å². The van der Waals surface area contributed by atoms with Gasteiger partial charge in [-0.3, -0.25) is 18.6 Å². The lowest BCUT2D eigenvalue weighted by Gasteiger charge is -2.27. The SMILES string of the molecule is CCCCC/C=C\C/C=C\C/C=C\CCCCCCCCCCC(=O)OC(/C=C/CCCCCCCCCCC)C(COP(=O)(O)OCC[N+](C)(C)C)NC(=O)CCCCCCCCCCCCC/C=C\C/C=C\CCCCC. The number of rotatable bonds is 60. The van der Waals surface area contributed by atoms with Crippen LogP contribution in [0.1, 0.15) is 303 Å². The van der Waals surface area contributed by atoms with Crippen LogP contribution in [0.4, 0.5) is 0 Å². The summed E-state index contributed by atoms with van der Waals surface area (Å²) in [6.07, 6.45) is 76.1. The van der Waals surface area contributed by atoms with Crippen molar-refractivity contribution in [2.45, 2.75) is 315 Å². The van der Waals surface area contributed by atoms with E-state index in [2.05, 4.69) is 86.8 Å². The van der Waals surface area contributed by atoms with Crippen molar-refractivity contribution >= 4 is 19.7 Å². The van der Waals surface area contributed by atoms with Gasteiger partial charge >= 0.3 is 13.8 Å². The number of phosphoric ester groups is 1. The Hall–Kier alpha value is -2.55. The second-order valence-corrected chi connectivity index (χ2v) is 25.1. The number of amides is 1. The fraction of sp³-hybridized carbons (Fsp3) is 0.797. The molecule has 0 heterocycles. The Morgan fingerprint density at radius 2 is 0.772 bits per heavy atom. The average molecular weight is 1130 g/mol. The number of phosphoric acid groups is 1. The standard InChI is InChI=1S/C69H127N2O7P/c1-7-10-13-16-19-22-25-27-29-31-33-35-37-39-41-43-46-49-52-55-58-61-68(72)70-66(65-77-79(74,75)76-64-63-71(4,5)6)67(60-57-54-51-48-45-24-21-18-15-12-9-3)78-69(73)62-59-56-53-50-47-44-42-40-38-36-34-32-30-28-26-23-20-17-14-11-8-2/h19-20,22-23,27-30,34,36,57,60,66-67H,7-18,21,24-26,31-33,35,37-56,58-59,61-65H2,1-6H3,(H-,70,72,74,75)/p+1/b22-19-,23-20-,29-27-,30-28-,36-34-,60-57+. The molecule has 10 heteroatoms. The minimum atomic E-state index is -4.45. The minimum Gasteiger partial charge on any atom is -0.456 e. The van der Waals surface area contributed by atoms with Crippen molar-refractivity contribution in [3.8, 4) is 0 Å². The van der Waals surface area contributed by atoms with E-state index in [0.717, 1.165) is 89.9 Å². The summed E-state index contributed by atoms with van der Waals surface area (Å²) in [7, 11) is 1.49. The first kappa shape index (κ1) is 76.5. The highest BCUT2D eigenvalue weighted by molar-refractivity contribution is 7.47. The van der Waals surface area contributed by atoms with Gasteiger partial charge in [-0.2, -0.15) is 0 Å². The number of unbranched alkanes of at least 4 members (excludes halogenated alkanes) is 34. The molecule has 0 aliphatic carbocycles. The molecule has 0 aromatic heterocycles. The van der Waals surface area contributed by atoms with E-state index in [-0.39, 0.29) is 31.5 Å². The number of hydrogen-bond acceptors (Lipinski definition) is 6. The number of carbonyl (C=O) groups is 2. The van der Waals surface area contributed by atoms with Gasteiger partial charge < -0.3 is 19.4 Å². The number of hydrogen-bond donors (Lipinski definition) is 2. The first-order chi connectivity index (χ1) is 38.4. The molecular formula is C69H128N2O7P+. The topological polar surface area (TPSA) is 111 Å². The van der Waals surface area contributed by atoms with Gasteiger partial charge in [-0.05, 0) is 102 Å². The van der Waals surface area contributed by atoms with Crippen LogP contribution in [0.2, 0.25) is 0 Å². The zero-order chi connectivity index (χ0) is 57.9. The summed E-state index contributed by atoms with van der Waals surface area (Å²) in [5.41, 5.74) is 0. The maximum atomic E-state index is 13.6. The van der Waals surface area contributed by atoms with Crippen LogP contribution in [0.25, 0.3) is 0 Å². The molecule has 79 heavy (non-hydrogen) atoms. The van der Waals surface area contributed by atoms with Crippen molar-refractivity contribution < 1.29 is 37.3 Å².